The number of carbonyl (C=O) groups is 1. The predicted molar refractivity (Wildman–Crippen MR) is 101 cm³/mol. The molecule has 2 aromatic carbocycles. The molecule has 3 heterocycles. The monoisotopic (exact) mass is 362 g/mol. The molecule has 1 fully saturated rings. The van der Waals surface area contributed by atoms with Crippen molar-refractivity contribution in [3.8, 4) is 11.4 Å². The van der Waals surface area contributed by atoms with Crippen molar-refractivity contribution in [2.24, 2.45) is 0 Å². The zero-order valence-corrected chi connectivity index (χ0v) is 14.8. The highest BCUT2D eigenvalue weighted by Gasteiger charge is 2.33. The number of fused-ring (bicyclic) bond motifs is 2. The molecule has 0 radical (unpaired) electrons. The molecule has 1 saturated heterocycles. The second kappa shape index (κ2) is 6.39. The van der Waals surface area contributed by atoms with Gasteiger partial charge in [0.15, 0.2) is 5.82 Å². The van der Waals surface area contributed by atoms with E-state index in [0.717, 1.165) is 42.6 Å². The number of benzene rings is 2. The lowest BCUT2D eigenvalue weighted by molar-refractivity contribution is 0.0674. The minimum absolute atomic E-state index is 0.111. The number of amides is 1. The smallest absolute Gasteiger partial charge is 0.254 e. The van der Waals surface area contributed by atoms with E-state index >= 15 is 0 Å². The Morgan fingerprint density at radius 3 is 2.96 bits per heavy atom. The maximum Gasteiger partial charge on any atom is 0.254 e. The first-order valence-corrected chi connectivity index (χ1v) is 9.26. The normalized spacial score (nSPS) is 19.5. The maximum absolute atomic E-state index is 13.3. The fraction of sp³-hybridized carbons (Fsp3) is 0.286. The standard InChI is InChI=1S/C21H19FN4O/c22-16-4-6-19-14(9-16)10-24-20(25-19)13-3-5-18-15(8-13)12-26(21(18)27)17-2-1-7-23-11-17/h3-6,8-10,17,23H,1-2,7,11-12H2. The molecule has 2 aliphatic heterocycles. The molecule has 1 unspecified atom stereocenters. The summed E-state index contributed by atoms with van der Waals surface area (Å²) >= 11 is 0. The summed E-state index contributed by atoms with van der Waals surface area (Å²) in [5.41, 5.74) is 3.36. The quantitative estimate of drug-likeness (QED) is 0.761. The molecule has 136 valence electrons. The van der Waals surface area contributed by atoms with Crippen LogP contribution in [-0.2, 0) is 6.54 Å². The highest BCUT2D eigenvalue weighted by atomic mass is 19.1. The van der Waals surface area contributed by atoms with Crippen LogP contribution in [0.3, 0.4) is 0 Å². The Morgan fingerprint density at radius 1 is 1.19 bits per heavy atom. The number of piperidine rings is 1. The first-order chi connectivity index (χ1) is 13.2. The van der Waals surface area contributed by atoms with Crippen LogP contribution in [0, 0.1) is 5.82 Å². The third-order valence-electron chi connectivity index (χ3n) is 5.45. The first kappa shape index (κ1) is 16.3. The summed E-state index contributed by atoms with van der Waals surface area (Å²) in [4.78, 5) is 23.7. The van der Waals surface area contributed by atoms with Crippen LogP contribution in [0.5, 0.6) is 0 Å². The van der Waals surface area contributed by atoms with E-state index in [1.807, 2.05) is 23.1 Å². The number of nitrogens with one attached hydrogen (secondary N) is 1. The number of carbonyl (C=O) groups excluding carboxylic acids is 1. The van der Waals surface area contributed by atoms with Gasteiger partial charge in [-0.25, -0.2) is 14.4 Å². The van der Waals surface area contributed by atoms with Crippen LogP contribution < -0.4 is 5.32 Å². The Balaban J connectivity index is 1.47. The van der Waals surface area contributed by atoms with Gasteiger partial charge >= 0.3 is 0 Å². The minimum Gasteiger partial charge on any atom is -0.330 e. The number of rotatable bonds is 2. The maximum atomic E-state index is 13.3. The molecular weight excluding hydrogens is 343 g/mol. The van der Waals surface area contributed by atoms with Gasteiger partial charge in [-0.3, -0.25) is 4.79 Å². The fourth-order valence-electron chi connectivity index (χ4n) is 4.02. The third-order valence-corrected chi connectivity index (χ3v) is 5.45. The van der Waals surface area contributed by atoms with E-state index in [0.29, 0.717) is 23.3 Å². The molecule has 0 bridgehead atoms. The number of aromatic nitrogens is 2. The van der Waals surface area contributed by atoms with Crippen molar-refractivity contribution in [2.45, 2.75) is 25.4 Å². The van der Waals surface area contributed by atoms with Crippen molar-refractivity contribution in [3.63, 3.8) is 0 Å². The van der Waals surface area contributed by atoms with Gasteiger partial charge in [-0.1, -0.05) is 6.07 Å². The Kier molecular flexibility index (Phi) is 3.86. The minimum atomic E-state index is -0.299. The number of hydrogen-bond donors (Lipinski definition) is 1. The van der Waals surface area contributed by atoms with Crippen LogP contribution in [0.25, 0.3) is 22.3 Å². The fourth-order valence-corrected chi connectivity index (χ4v) is 4.02. The Morgan fingerprint density at radius 2 is 2.11 bits per heavy atom. The summed E-state index contributed by atoms with van der Waals surface area (Å²) in [6.07, 6.45) is 3.78. The summed E-state index contributed by atoms with van der Waals surface area (Å²) in [6.45, 7) is 2.52. The van der Waals surface area contributed by atoms with Crippen LogP contribution in [0.15, 0.2) is 42.6 Å². The molecule has 2 aliphatic rings. The highest BCUT2D eigenvalue weighted by molar-refractivity contribution is 5.99. The molecule has 5 rings (SSSR count). The molecule has 6 heteroatoms. The average Bonchev–Trinajstić information content (AvgIpc) is 3.04. The SMILES string of the molecule is O=C1c2ccc(-c3ncc4cc(F)ccc4n3)cc2CN1C1CCCNC1. The van der Waals surface area contributed by atoms with Crippen molar-refractivity contribution < 1.29 is 9.18 Å². The van der Waals surface area contributed by atoms with Gasteiger partial charge in [0.1, 0.15) is 5.82 Å². The molecule has 5 nitrogen and oxygen atoms in total. The number of halogens is 1. The van der Waals surface area contributed by atoms with E-state index in [9.17, 15) is 9.18 Å². The zero-order chi connectivity index (χ0) is 18.4. The van der Waals surface area contributed by atoms with E-state index in [1.54, 1.807) is 12.3 Å². The van der Waals surface area contributed by atoms with E-state index in [4.69, 9.17) is 0 Å². The zero-order valence-electron chi connectivity index (χ0n) is 14.8. The Hall–Kier alpha value is -2.86. The lowest BCUT2D eigenvalue weighted by Crippen LogP contribution is -2.46. The Bertz CT molecular complexity index is 1050. The van der Waals surface area contributed by atoms with Crippen LogP contribution in [-0.4, -0.2) is 39.9 Å². The summed E-state index contributed by atoms with van der Waals surface area (Å²) < 4.78 is 13.3. The van der Waals surface area contributed by atoms with Gasteiger partial charge in [0.05, 0.1) is 5.52 Å². The summed E-state index contributed by atoms with van der Waals surface area (Å²) in [5, 5.41) is 4.05. The van der Waals surface area contributed by atoms with Gasteiger partial charge in [0.2, 0.25) is 0 Å². The molecule has 0 aliphatic carbocycles. The Labute approximate surface area is 156 Å². The van der Waals surface area contributed by atoms with Gasteiger partial charge in [-0.05, 0) is 55.3 Å². The van der Waals surface area contributed by atoms with Crippen LogP contribution in [0.4, 0.5) is 4.39 Å². The van der Waals surface area contributed by atoms with Gasteiger partial charge < -0.3 is 10.2 Å². The average molecular weight is 362 g/mol. The summed E-state index contributed by atoms with van der Waals surface area (Å²) in [7, 11) is 0. The molecule has 0 spiro atoms. The molecule has 3 aromatic rings. The van der Waals surface area contributed by atoms with E-state index in [-0.39, 0.29) is 17.8 Å². The molecule has 0 saturated carbocycles. The molecular formula is C21H19FN4O. The predicted octanol–water partition coefficient (Wildman–Crippen LogP) is 3.14. The van der Waals surface area contributed by atoms with Crippen molar-refractivity contribution in [3.05, 3.63) is 59.5 Å². The van der Waals surface area contributed by atoms with Crippen molar-refractivity contribution in [1.29, 1.82) is 0 Å². The van der Waals surface area contributed by atoms with Crippen LogP contribution in [0.1, 0.15) is 28.8 Å². The van der Waals surface area contributed by atoms with Gasteiger partial charge in [0, 0.05) is 41.8 Å². The van der Waals surface area contributed by atoms with Gasteiger partial charge in [-0.15, -0.1) is 0 Å². The van der Waals surface area contributed by atoms with Crippen LogP contribution in [0.2, 0.25) is 0 Å². The van der Waals surface area contributed by atoms with E-state index in [2.05, 4.69) is 15.3 Å². The number of hydrogen-bond acceptors (Lipinski definition) is 4. The molecule has 1 amide bonds. The molecule has 1 atom stereocenters. The van der Waals surface area contributed by atoms with Crippen molar-refractivity contribution >= 4 is 16.8 Å². The molecule has 27 heavy (non-hydrogen) atoms. The second-order valence-electron chi connectivity index (χ2n) is 7.20. The van der Waals surface area contributed by atoms with E-state index < -0.39 is 0 Å². The number of nitrogens with zero attached hydrogens (tertiary/aromatic N) is 3. The second-order valence-corrected chi connectivity index (χ2v) is 7.20. The van der Waals surface area contributed by atoms with Gasteiger partial charge in [-0.2, -0.15) is 0 Å². The van der Waals surface area contributed by atoms with Crippen molar-refractivity contribution in [1.82, 2.24) is 20.2 Å². The van der Waals surface area contributed by atoms with E-state index in [1.165, 1.54) is 12.1 Å². The highest BCUT2D eigenvalue weighted by Crippen LogP contribution is 2.30. The molecule has 1 N–H and O–H groups in total. The molecule has 1 aromatic heterocycles. The lowest BCUT2D eigenvalue weighted by Gasteiger charge is -2.31. The topological polar surface area (TPSA) is 58.1 Å². The van der Waals surface area contributed by atoms with Gasteiger partial charge in [0.25, 0.3) is 5.91 Å². The summed E-state index contributed by atoms with van der Waals surface area (Å²) in [5.74, 6) is 0.398. The largest absolute Gasteiger partial charge is 0.330 e. The summed E-state index contributed by atoms with van der Waals surface area (Å²) in [6, 6.07) is 10.5. The lowest BCUT2D eigenvalue weighted by atomic mass is 10.1. The van der Waals surface area contributed by atoms with Crippen molar-refractivity contribution in [2.75, 3.05) is 13.1 Å². The van der Waals surface area contributed by atoms with Crippen LogP contribution >= 0.6 is 0 Å². The third kappa shape index (κ3) is 2.86. The first-order valence-electron chi connectivity index (χ1n) is 9.26.